The number of imide groups is 1. The van der Waals surface area contributed by atoms with Crippen LogP contribution >= 0.6 is 0 Å². The van der Waals surface area contributed by atoms with Crippen LogP contribution in [0.4, 0.5) is 5.69 Å². The van der Waals surface area contributed by atoms with Crippen LogP contribution in [0.1, 0.15) is 37.3 Å². The number of piperidine rings is 1. The summed E-state index contributed by atoms with van der Waals surface area (Å²) < 4.78 is 0. The van der Waals surface area contributed by atoms with Crippen molar-refractivity contribution in [3.8, 4) is 11.8 Å². The van der Waals surface area contributed by atoms with Crippen molar-refractivity contribution in [3.63, 3.8) is 0 Å². The maximum absolute atomic E-state index is 12.1. The molecule has 2 rings (SSSR count). The average Bonchev–Trinajstić information content (AvgIpc) is 2.37. The Bertz CT molecular complexity index is 607. The molecule has 0 aliphatic carbocycles. The number of rotatable bonds is 2. The number of carbonyl (C=O) groups excluding carboxylic acids is 2. The lowest BCUT2D eigenvalue weighted by Gasteiger charge is -2.28. The SMILES string of the molecule is Cc1cc(C#CCCO)cc(N2C(=O)CC(C)CC2=O)c1. The number of carbonyl (C=O) groups is 2. The van der Waals surface area contributed by atoms with Gasteiger partial charge < -0.3 is 5.11 Å². The van der Waals surface area contributed by atoms with Gasteiger partial charge in [-0.25, -0.2) is 0 Å². The van der Waals surface area contributed by atoms with E-state index in [0.29, 0.717) is 24.9 Å². The molecule has 0 spiro atoms. The molecule has 1 aromatic carbocycles. The fraction of sp³-hybridized carbons (Fsp3) is 0.412. The molecule has 1 aromatic rings. The molecular weight excluding hydrogens is 266 g/mol. The Kier molecular flexibility index (Phi) is 4.77. The minimum absolute atomic E-state index is 0.0205. The zero-order chi connectivity index (χ0) is 15.4. The fourth-order valence-electron chi connectivity index (χ4n) is 2.46. The summed E-state index contributed by atoms with van der Waals surface area (Å²) in [7, 11) is 0. The third-order valence-corrected chi connectivity index (χ3v) is 3.33. The summed E-state index contributed by atoms with van der Waals surface area (Å²) in [6, 6.07) is 5.47. The van der Waals surface area contributed by atoms with E-state index in [0.717, 1.165) is 11.1 Å². The van der Waals surface area contributed by atoms with Crippen LogP contribution in [0.25, 0.3) is 0 Å². The van der Waals surface area contributed by atoms with E-state index < -0.39 is 0 Å². The molecule has 4 heteroatoms. The van der Waals surface area contributed by atoms with Crippen molar-refractivity contribution in [1.29, 1.82) is 0 Å². The van der Waals surface area contributed by atoms with E-state index in [4.69, 9.17) is 5.11 Å². The number of nitrogens with zero attached hydrogens (tertiary/aromatic N) is 1. The van der Waals surface area contributed by atoms with Gasteiger partial charge in [-0.15, -0.1) is 0 Å². The number of hydrogen-bond donors (Lipinski definition) is 1. The van der Waals surface area contributed by atoms with E-state index in [-0.39, 0.29) is 24.3 Å². The van der Waals surface area contributed by atoms with Crippen molar-refractivity contribution in [2.75, 3.05) is 11.5 Å². The van der Waals surface area contributed by atoms with Crippen LogP contribution in [-0.2, 0) is 9.59 Å². The highest BCUT2D eigenvalue weighted by Gasteiger charge is 2.31. The number of aryl methyl sites for hydroxylation is 1. The second-order valence-corrected chi connectivity index (χ2v) is 5.47. The zero-order valence-electron chi connectivity index (χ0n) is 12.3. The van der Waals surface area contributed by atoms with Gasteiger partial charge in [0.05, 0.1) is 12.3 Å². The molecule has 1 aliphatic rings. The highest BCUT2D eigenvalue weighted by atomic mass is 16.2. The Labute approximate surface area is 124 Å². The quantitative estimate of drug-likeness (QED) is 0.668. The first-order chi connectivity index (χ1) is 10.0. The van der Waals surface area contributed by atoms with Crippen molar-refractivity contribution in [3.05, 3.63) is 29.3 Å². The molecule has 0 saturated carbocycles. The van der Waals surface area contributed by atoms with Crippen LogP contribution < -0.4 is 4.90 Å². The summed E-state index contributed by atoms with van der Waals surface area (Å²) in [6.07, 6.45) is 1.19. The molecule has 1 heterocycles. The second kappa shape index (κ2) is 6.55. The molecule has 21 heavy (non-hydrogen) atoms. The third kappa shape index (κ3) is 3.71. The van der Waals surface area contributed by atoms with E-state index in [9.17, 15) is 9.59 Å². The number of aliphatic hydroxyl groups is 1. The Morgan fingerprint density at radius 3 is 2.52 bits per heavy atom. The van der Waals surface area contributed by atoms with Gasteiger partial charge in [-0.2, -0.15) is 0 Å². The lowest BCUT2D eigenvalue weighted by Crippen LogP contribution is -2.42. The van der Waals surface area contributed by atoms with E-state index in [1.807, 2.05) is 26.0 Å². The second-order valence-electron chi connectivity index (χ2n) is 5.47. The van der Waals surface area contributed by atoms with Gasteiger partial charge in [0.15, 0.2) is 0 Å². The molecule has 1 aliphatic heterocycles. The van der Waals surface area contributed by atoms with Crippen LogP contribution in [0.2, 0.25) is 0 Å². The Hall–Kier alpha value is -2.12. The zero-order valence-corrected chi connectivity index (χ0v) is 12.3. The molecule has 110 valence electrons. The van der Waals surface area contributed by atoms with Crippen LogP contribution in [0, 0.1) is 24.7 Å². The molecule has 1 saturated heterocycles. The minimum Gasteiger partial charge on any atom is -0.395 e. The number of anilines is 1. The van der Waals surface area contributed by atoms with Crippen molar-refractivity contribution in [1.82, 2.24) is 0 Å². The fourth-order valence-corrected chi connectivity index (χ4v) is 2.46. The van der Waals surface area contributed by atoms with Gasteiger partial charge in [0.1, 0.15) is 0 Å². The summed E-state index contributed by atoms with van der Waals surface area (Å²) in [5, 5.41) is 8.75. The summed E-state index contributed by atoms with van der Waals surface area (Å²) in [6.45, 7) is 3.84. The highest BCUT2D eigenvalue weighted by Crippen LogP contribution is 2.26. The smallest absolute Gasteiger partial charge is 0.234 e. The predicted molar refractivity (Wildman–Crippen MR) is 80.7 cm³/mol. The van der Waals surface area contributed by atoms with Crippen molar-refractivity contribution >= 4 is 17.5 Å². The molecule has 2 amide bonds. The van der Waals surface area contributed by atoms with Gasteiger partial charge in [-0.05, 0) is 36.6 Å². The lowest BCUT2D eigenvalue weighted by atomic mass is 9.97. The van der Waals surface area contributed by atoms with E-state index in [1.165, 1.54) is 4.90 Å². The van der Waals surface area contributed by atoms with Gasteiger partial charge in [0.2, 0.25) is 11.8 Å². The molecule has 0 bridgehead atoms. The molecule has 1 fully saturated rings. The van der Waals surface area contributed by atoms with Gasteiger partial charge in [0, 0.05) is 24.8 Å². The highest BCUT2D eigenvalue weighted by molar-refractivity contribution is 6.16. The van der Waals surface area contributed by atoms with Gasteiger partial charge in [-0.3, -0.25) is 14.5 Å². The number of amides is 2. The molecule has 0 aromatic heterocycles. The summed E-state index contributed by atoms with van der Waals surface area (Å²) >= 11 is 0. The van der Waals surface area contributed by atoms with Crippen molar-refractivity contribution < 1.29 is 14.7 Å². The Morgan fingerprint density at radius 2 is 1.90 bits per heavy atom. The van der Waals surface area contributed by atoms with E-state index in [1.54, 1.807) is 6.07 Å². The molecule has 0 unspecified atom stereocenters. The van der Waals surface area contributed by atoms with Crippen LogP contribution in [0.15, 0.2) is 18.2 Å². The van der Waals surface area contributed by atoms with Crippen molar-refractivity contribution in [2.45, 2.75) is 33.1 Å². The summed E-state index contributed by atoms with van der Waals surface area (Å²) in [5.41, 5.74) is 2.28. The first-order valence-electron chi connectivity index (χ1n) is 7.08. The largest absolute Gasteiger partial charge is 0.395 e. The topological polar surface area (TPSA) is 57.6 Å². The van der Waals surface area contributed by atoms with E-state index in [2.05, 4.69) is 11.8 Å². The summed E-state index contributed by atoms with van der Waals surface area (Å²) in [4.78, 5) is 25.5. The Morgan fingerprint density at radius 1 is 1.24 bits per heavy atom. The lowest BCUT2D eigenvalue weighted by molar-refractivity contribution is -0.130. The molecular formula is C17H19NO3. The molecule has 0 atom stereocenters. The number of aliphatic hydroxyl groups excluding tert-OH is 1. The maximum Gasteiger partial charge on any atom is 0.234 e. The van der Waals surface area contributed by atoms with Crippen LogP contribution in [0.5, 0.6) is 0 Å². The van der Waals surface area contributed by atoms with Gasteiger partial charge >= 0.3 is 0 Å². The normalized spacial score (nSPS) is 15.9. The standard InChI is InChI=1S/C17H19NO3/c1-12-7-14(5-3-4-6-19)11-15(8-12)18-16(20)9-13(2)10-17(18)21/h7-8,11,13,19H,4,6,9-10H2,1-2H3. The number of benzene rings is 1. The first kappa shape index (κ1) is 15.3. The molecule has 4 nitrogen and oxygen atoms in total. The van der Waals surface area contributed by atoms with Crippen LogP contribution in [-0.4, -0.2) is 23.5 Å². The van der Waals surface area contributed by atoms with Crippen molar-refractivity contribution in [2.24, 2.45) is 5.92 Å². The maximum atomic E-state index is 12.1. The third-order valence-electron chi connectivity index (χ3n) is 3.33. The predicted octanol–water partition coefficient (Wildman–Crippen LogP) is 2.02. The minimum atomic E-state index is -0.154. The van der Waals surface area contributed by atoms with Crippen LogP contribution in [0.3, 0.4) is 0 Å². The monoisotopic (exact) mass is 285 g/mol. The van der Waals surface area contributed by atoms with E-state index >= 15 is 0 Å². The van der Waals surface area contributed by atoms with Gasteiger partial charge in [-0.1, -0.05) is 18.8 Å². The molecule has 1 N–H and O–H groups in total. The Balaban J connectivity index is 2.33. The summed E-state index contributed by atoms with van der Waals surface area (Å²) in [5.74, 6) is 5.59. The first-order valence-corrected chi connectivity index (χ1v) is 7.08. The average molecular weight is 285 g/mol. The molecule has 0 radical (unpaired) electrons. The van der Waals surface area contributed by atoms with Gasteiger partial charge in [0.25, 0.3) is 0 Å². The number of hydrogen-bond acceptors (Lipinski definition) is 3.